The molecule has 0 aromatic heterocycles. The van der Waals surface area contributed by atoms with E-state index in [4.69, 9.17) is 9.47 Å². The van der Waals surface area contributed by atoms with E-state index in [0.717, 1.165) is 12.0 Å². The van der Waals surface area contributed by atoms with E-state index in [9.17, 15) is 9.59 Å². The zero-order valence-electron chi connectivity index (χ0n) is 14.2. The topological polar surface area (TPSA) is 59.1 Å². The van der Waals surface area contributed by atoms with Crippen molar-refractivity contribution in [2.45, 2.75) is 13.3 Å². The van der Waals surface area contributed by atoms with Crippen LogP contribution in [0.3, 0.4) is 0 Å². The maximum absolute atomic E-state index is 12.5. The van der Waals surface area contributed by atoms with Crippen molar-refractivity contribution in [2.75, 3.05) is 27.3 Å². The van der Waals surface area contributed by atoms with Crippen LogP contribution in [0.5, 0.6) is 11.5 Å². The van der Waals surface area contributed by atoms with Crippen LogP contribution in [0.25, 0.3) is 6.08 Å². The second kappa shape index (κ2) is 7.68. The van der Waals surface area contributed by atoms with Gasteiger partial charge in [0.2, 0.25) is 0 Å². The Morgan fingerprint density at radius 1 is 1.17 bits per heavy atom. The highest BCUT2D eigenvalue weighted by molar-refractivity contribution is 5.97. The van der Waals surface area contributed by atoms with Gasteiger partial charge in [0, 0.05) is 30.3 Å². The van der Waals surface area contributed by atoms with E-state index in [0.29, 0.717) is 30.2 Å². The number of amides is 2. The van der Waals surface area contributed by atoms with Gasteiger partial charge < -0.3 is 9.47 Å². The van der Waals surface area contributed by atoms with E-state index in [2.05, 4.69) is 6.58 Å². The minimum Gasteiger partial charge on any atom is -0.497 e. The summed E-state index contributed by atoms with van der Waals surface area (Å²) in [6, 6.07) is 5.34. The first-order valence-corrected chi connectivity index (χ1v) is 7.66. The van der Waals surface area contributed by atoms with Gasteiger partial charge >= 0.3 is 0 Å². The number of rotatable bonds is 5. The van der Waals surface area contributed by atoms with Crippen LogP contribution in [0.4, 0.5) is 0 Å². The third kappa shape index (κ3) is 3.76. The summed E-state index contributed by atoms with van der Waals surface area (Å²) in [5.41, 5.74) is 1.13. The van der Waals surface area contributed by atoms with Crippen LogP contribution in [0.2, 0.25) is 0 Å². The Morgan fingerprint density at radius 3 is 2.50 bits per heavy atom. The molecule has 0 aliphatic carbocycles. The Hall–Kier alpha value is -2.76. The molecule has 0 N–H and O–H groups in total. The van der Waals surface area contributed by atoms with Crippen molar-refractivity contribution in [3.05, 3.63) is 42.0 Å². The van der Waals surface area contributed by atoms with Crippen molar-refractivity contribution >= 4 is 17.9 Å². The third-order valence-electron chi connectivity index (χ3n) is 3.73. The molecule has 0 unspecified atom stereocenters. The number of hydrogen-bond donors (Lipinski definition) is 0. The predicted octanol–water partition coefficient (Wildman–Crippen LogP) is 2.27. The van der Waals surface area contributed by atoms with Crippen molar-refractivity contribution < 1.29 is 19.1 Å². The average molecular weight is 330 g/mol. The molecule has 2 amide bonds. The quantitative estimate of drug-likeness (QED) is 0.777. The van der Waals surface area contributed by atoms with Crippen LogP contribution < -0.4 is 9.47 Å². The van der Waals surface area contributed by atoms with E-state index in [1.54, 1.807) is 45.4 Å². The number of benzene rings is 1. The molecule has 1 heterocycles. The molecule has 6 nitrogen and oxygen atoms in total. The molecule has 128 valence electrons. The third-order valence-corrected chi connectivity index (χ3v) is 3.73. The van der Waals surface area contributed by atoms with E-state index < -0.39 is 0 Å². The first kappa shape index (κ1) is 17.6. The zero-order chi connectivity index (χ0) is 17.7. The maximum Gasteiger partial charge on any atom is 0.267 e. The number of hydrazine groups is 1. The maximum atomic E-state index is 12.5. The van der Waals surface area contributed by atoms with Crippen LogP contribution >= 0.6 is 0 Å². The normalized spacial score (nSPS) is 14.1. The molecule has 1 aliphatic rings. The molecule has 24 heavy (non-hydrogen) atoms. The molecule has 0 atom stereocenters. The van der Waals surface area contributed by atoms with Gasteiger partial charge in [0.1, 0.15) is 11.5 Å². The summed E-state index contributed by atoms with van der Waals surface area (Å²) < 4.78 is 10.5. The Labute approximate surface area is 141 Å². The summed E-state index contributed by atoms with van der Waals surface area (Å²) in [6.45, 7) is 6.32. The first-order valence-electron chi connectivity index (χ1n) is 7.66. The van der Waals surface area contributed by atoms with Gasteiger partial charge in [-0.05, 0) is 37.6 Å². The average Bonchev–Trinajstić information content (AvgIpc) is 3.08. The van der Waals surface area contributed by atoms with E-state index in [1.807, 2.05) is 0 Å². The monoisotopic (exact) mass is 330 g/mol. The molecule has 1 aromatic carbocycles. The fraction of sp³-hybridized carbons (Fsp3) is 0.333. The fourth-order valence-corrected chi connectivity index (χ4v) is 2.49. The van der Waals surface area contributed by atoms with Crippen molar-refractivity contribution in [3.63, 3.8) is 0 Å². The van der Waals surface area contributed by atoms with E-state index in [1.165, 1.54) is 16.1 Å². The van der Waals surface area contributed by atoms with Crippen molar-refractivity contribution in [1.82, 2.24) is 10.0 Å². The largest absolute Gasteiger partial charge is 0.497 e. The molecule has 0 saturated carbocycles. The van der Waals surface area contributed by atoms with Crippen LogP contribution in [0, 0.1) is 0 Å². The molecule has 0 spiro atoms. The molecule has 1 saturated heterocycles. The number of methoxy groups -OCH3 is 2. The van der Waals surface area contributed by atoms with Crippen molar-refractivity contribution in [3.8, 4) is 11.5 Å². The van der Waals surface area contributed by atoms with Gasteiger partial charge in [-0.3, -0.25) is 9.59 Å². The SMILES string of the molecule is C=C(C)C(=O)N1CCCN1C(=O)C=Cc1cc(OC)ccc1OC. The molecule has 6 heteroatoms. The second-order valence-corrected chi connectivity index (χ2v) is 5.46. The minimum absolute atomic E-state index is 0.229. The molecular formula is C18H22N2O4. The predicted molar refractivity (Wildman–Crippen MR) is 91.4 cm³/mol. The number of carbonyl (C=O) groups excluding carboxylic acids is 2. The summed E-state index contributed by atoms with van der Waals surface area (Å²) in [5, 5.41) is 2.89. The molecule has 2 rings (SSSR count). The Morgan fingerprint density at radius 2 is 1.88 bits per heavy atom. The van der Waals surface area contributed by atoms with E-state index >= 15 is 0 Å². The lowest BCUT2D eigenvalue weighted by Crippen LogP contribution is -2.44. The number of ether oxygens (including phenoxy) is 2. The van der Waals surface area contributed by atoms with Gasteiger partial charge in [-0.15, -0.1) is 0 Å². The Kier molecular flexibility index (Phi) is 5.63. The summed E-state index contributed by atoms with van der Waals surface area (Å²) >= 11 is 0. The second-order valence-electron chi connectivity index (χ2n) is 5.46. The van der Waals surface area contributed by atoms with Crippen molar-refractivity contribution in [1.29, 1.82) is 0 Å². The number of nitrogens with zero attached hydrogens (tertiary/aromatic N) is 2. The van der Waals surface area contributed by atoms with Gasteiger partial charge in [-0.2, -0.15) is 0 Å². The smallest absolute Gasteiger partial charge is 0.267 e. The summed E-state index contributed by atoms with van der Waals surface area (Å²) in [6.07, 6.45) is 3.84. The Balaban J connectivity index is 2.18. The van der Waals surface area contributed by atoms with Crippen LogP contribution in [-0.4, -0.2) is 49.1 Å². The molecule has 0 bridgehead atoms. The van der Waals surface area contributed by atoms with Crippen LogP contribution in [0.15, 0.2) is 36.4 Å². The summed E-state index contributed by atoms with van der Waals surface area (Å²) in [5.74, 6) is 0.819. The standard InChI is InChI=1S/C18H22N2O4/c1-13(2)18(22)20-11-5-10-19(20)17(21)9-6-14-12-15(23-3)7-8-16(14)24-4/h6-9,12H,1,5,10-11H2,2-4H3. The Bertz CT molecular complexity index is 682. The van der Waals surface area contributed by atoms with Crippen LogP contribution in [-0.2, 0) is 9.59 Å². The number of carbonyl (C=O) groups is 2. The molecule has 1 aromatic rings. The summed E-state index contributed by atoms with van der Waals surface area (Å²) in [7, 11) is 3.14. The highest BCUT2D eigenvalue weighted by atomic mass is 16.5. The zero-order valence-corrected chi connectivity index (χ0v) is 14.2. The van der Waals surface area contributed by atoms with Gasteiger partial charge in [0.05, 0.1) is 14.2 Å². The number of hydrogen-bond acceptors (Lipinski definition) is 4. The highest BCUT2D eigenvalue weighted by Gasteiger charge is 2.29. The summed E-state index contributed by atoms with van der Waals surface area (Å²) in [4.78, 5) is 24.5. The minimum atomic E-state index is -0.257. The molecule has 1 fully saturated rings. The lowest BCUT2D eigenvalue weighted by Gasteiger charge is -2.26. The van der Waals surface area contributed by atoms with Gasteiger partial charge in [0.15, 0.2) is 0 Å². The molecule has 0 radical (unpaired) electrons. The molecular weight excluding hydrogens is 308 g/mol. The van der Waals surface area contributed by atoms with Gasteiger partial charge in [0.25, 0.3) is 11.8 Å². The first-order chi connectivity index (χ1) is 11.5. The van der Waals surface area contributed by atoms with Gasteiger partial charge in [-0.1, -0.05) is 6.58 Å². The van der Waals surface area contributed by atoms with Gasteiger partial charge in [-0.25, -0.2) is 10.0 Å². The van der Waals surface area contributed by atoms with Crippen molar-refractivity contribution in [2.24, 2.45) is 0 Å². The fourth-order valence-electron chi connectivity index (χ4n) is 2.49. The lowest BCUT2D eigenvalue weighted by molar-refractivity contribution is -0.151. The lowest BCUT2D eigenvalue weighted by atomic mass is 10.1. The highest BCUT2D eigenvalue weighted by Crippen LogP contribution is 2.25. The molecule has 1 aliphatic heterocycles. The van der Waals surface area contributed by atoms with E-state index in [-0.39, 0.29) is 11.8 Å². The van der Waals surface area contributed by atoms with Crippen LogP contribution in [0.1, 0.15) is 18.9 Å².